The molecule has 1 aliphatic carbocycles. The van der Waals surface area contributed by atoms with Crippen molar-refractivity contribution in [3.8, 4) is 61.8 Å². The van der Waals surface area contributed by atoms with Crippen molar-refractivity contribution in [1.82, 2.24) is 14.5 Å². The maximum atomic E-state index is 6.39. The molecule has 0 bridgehead atoms. The molecule has 4 heteroatoms. The zero-order chi connectivity index (χ0) is 39.2. The van der Waals surface area contributed by atoms with Crippen molar-refractivity contribution in [2.45, 2.75) is 19.3 Å². The minimum absolute atomic E-state index is 0.204. The molecule has 12 rings (SSSR count). The molecule has 0 saturated carbocycles. The second-order valence-electron chi connectivity index (χ2n) is 16.2. The highest BCUT2D eigenvalue weighted by Crippen LogP contribution is 2.53. The van der Waals surface area contributed by atoms with E-state index in [0.29, 0.717) is 5.82 Å². The van der Waals surface area contributed by atoms with Crippen LogP contribution < -0.4 is 0 Å². The van der Waals surface area contributed by atoms with Gasteiger partial charge in [-0.1, -0.05) is 141 Å². The Kier molecular flexibility index (Phi) is 7.24. The molecule has 278 valence electrons. The van der Waals surface area contributed by atoms with Gasteiger partial charge in [-0.25, -0.2) is 9.97 Å². The number of aromatic nitrogens is 3. The van der Waals surface area contributed by atoms with Gasteiger partial charge in [-0.3, -0.25) is 0 Å². The predicted molar refractivity (Wildman–Crippen MR) is 243 cm³/mol. The number of hydrogen-bond donors (Lipinski definition) is 0. The molecule has 0 unspecified atom stereocenters. The van der Waals surface area contributed by atoms with Crippen molar-refractivity contribution in [2.24, 2.45) is 0 Å². The Morgan fingerprint density at radius 1 is 0.407 bits per heavy atom. The Bertz CT molecular complexity index is 3380. The summed E-state index contributed by atoms with van der Waals surface area (Å²) in [4.78, 5) is 10.1. The summed E-state index contributed by atoms with van der Waals surface area (Å²) >= 11 is 0. The molecular formula is C55H37N3O. The molecule has 0 fully saturated rings. The van der Waals surface area contributed by atoms with Gasteiger partial charge < -0.3 is 8.98 Å². The van der Waals surface area contributed by atoms with Gasteiger partial charge in [0.25, 0.3) is 0 Å². The smallest absolute Gasteiger partial charge is 0.160 e. The van der Waals surface area contributed by atoms with Crippen LogP contribution in [0.5, 0.6) is 0 Å². The largest absolute Gasteiger partial charge is 0.456 e. The minimum atomic E-state index is -0.204. The predicted octanol–water partition coefficient (Wildman–Crippen LogP) is 14.4. The zero-order valence-electron chi connectivity index (χ0n) is 32.6. The van der Waals surface area contributed by atoms with E-state index in [2.05, 4.69) is 176 Å². The number of nitrogens with zero attached hydrogens (tertiary/aromatic N) is 3. The topological polar surface area (TPSA) is 43.9 Å². The van der Waals surface area contributed by atoms with Crippen molar-refractivity contribution in [2.75, 3.05) is 0 Å². The molecule has 59 heavy (non-hydrogen) atoms. The lowest BCUT2D eigenvalue weighted by Gasteiger charge is -2.21. The van der Waals surface area contributed by atoms with Gasteiger partial charge in [-0.05, 0) is 94.0 Å². The number of furan rings is 1. The Morgan fingerprint density at radius 2 is 0.966 bits per heavy atom. The van der Waals surface area contributed by atoms with Crippen LogP contribution in [-0.2, 0) is 5.41 Å². The van der Waals surface area contributed by atoms with Gasteiger partial charge in [0, 0.05) is 49.3 Å². The molecule has 0 saturated heterocycles. The maximum Gasteiger partial charge on any atom is 0.160 e. The maximum absolute atomic E-state index is 6.39. The van der Waals surface area contributed by atoms with E-state index in [1.807, 2.05) is 30.3 Å². The van der Waals surface area contributed by atoms with E-state index in [9.17, 15) is 0 Å². The van der Waals surface area contributed by atoms with Gasteiger partial charge in [-0.15, -0.1) is 0 Å². The Hall–Kier alpha value is -7.56. The third-order valence-corrected chi connectivity index (χ3v) is 12.4. The van der Waals surface area contributed by atoms with Gasteiger partial charge in [0.1, 0.15) is 11.2 Å². The highest BCUT2D eigenvalue weighted by molar-refractivity contribution is 6.14. The summed E-state index contributed by atoms with van der Waals surface area (Å²) in [6.07, 6.45) is 0. The third kappa shape index (κ3) is 5.23. The molecule has 0 radical (unpaired) electrons. The molecule has 0 atom stereocenters. The number of hydrogen-bond acceptors (Lipinski definition) is 3. The van der Waals surface area contributed by atoms with Crippen LogP contribution >= 0.6 is 0 Å². The van der Waals surface area contributed by atoms with E-state index in [1.165, 1.54) is 49.6 Å². The molecule has 4 nitrogen and oxygen atoms in total. The number of benzene rings is 8. The number of para-hydroxylation sites is 2. The van der Waals surface area contributed by atoms with Crippen molar-refractivity contribution in [3.05, 3.63) is 199 Å². The van der Waals surface area contributed by atoms with Gasteiger partial charge in [0.2, 0.25) is 0 Å². The Morgan fingerprint density at radius 3 is 1.69 bits per heavy atom. The van der Waals surface area contributed by atoms with Gasteiger partial charge in [0.15, 0.2) is 5.82 Å². The minimum Gasteiger partial charge on any atom is -0.456 e. The summed E-state index contributed by atoms with van der Waals surface area (Å²) in [6.45, 7) is 4.70. The summed E-state index contributed by atoms with van der Waals surface area (Å²) in [6, 6.07) is 67.0. The van der Waals surface area contributed by atoms with Crippen molar-refractivity contribution >= 4 is 43.7 Å². The average Bonchev–Trinajstić information content (AvgIpc) is 3.90. The van der Waals surface area contributed by atoms with Gasteiger partial charge in [0.05, 0.1) is 22.4 Å². The van der Waals surface area contributed by atoms with E-state index < -0.39 is 0 Å². The Balaban J connectivity index is 1.01. The van der Waals surface area contributed by atoms with Crippen LogP contribution in [0.3, 0.4) is 0 Å². The van der Waals surface area contributed by atoms with E-state index >= 15 is 0 Å². The number of rotatable bonds is 5. The molecule has 3 heterocycles. The molecule has 3 aromatic heterocycles. The normalized spacial score (nSPS) is 13.1. The van der Waals surface area contributed by atoms with Crippen LogP contribution in [-0.4, -0.2) is 14.5 Å². The standard InChI is InChI=1S/C55H37N3O/c1-55(2)46-31-51-44(29-41(46)42-30-45-40-20-12-13-21-52(40)59-53(45)32-47(42)55)43-28-38(26-27-50(43)58(51)39-18-10-5-11-19-39)34-22-24-36(25-23-34)49-33-48(35-14-6-3-7-15-35)56-54(57-49)37-16-8-4-9-17-37/h3-33H,1-2H3. The summed E-state index contributed by atoms with van der Waals surface area (Å²) in [5, 5.41) is 4.78. The first kappa shape index (κ1) is 33.6. The molecule has 8 aromatic carbocycles. The lowest BCUT2D eigenvalue weighted by Crippen LogP contribution is -2.15. The first-order valence-electron chi connectivity index (χ1n) is 20.2. The second kappa shape index (κ2) is 12.7. The highest BCUT2D eigenvalue weighted by Gasteiger charge is 2.37. The summed E-state index contributed by atoms with van der Waals surface area (Å²) < 4.78 is 8.82. The molecular weight excluding hydrogens is 719 g/mol. The van der Waals surface area contributed by atoms with E-state index in [1.54, 1.807) is 0 Å². The van der Waals surface area contributed by atoms with Gasteiger partial charge in [-0.2, -0.15) is 0 Å². The molecule has 0 aliphatic heterocycles. The van der Waals surface area contributed by atoms with Crippen molar-refractivity contribution < 1.29 is 4.42 Å². The first-order valence-corrected chi connectivity index (χ1v) is 20.2. The van der Waals surface area contributed by atoms with Crippen LogP contribution in [0, 0.1) is 0 Å². The monoisotopic (exact) mass is 755 g/mol. The van der Waals surface area contributed by atoms with E-state index in [0.717, 1.165) is 61.3 Å². The van der Waals surface area contributed by atoms with Crippen LogP contribution in [0.1, 0.15) is 25.0 Å². The van der Waals surface area contributed by atoms with Crippen LogP contribution in [0.2, 0.25) is 0 Å². The lowest BCUT2D eigenvalue weighted by molar-refractivity contribution is 0.647. The van der Waals surface area contributed by atoms with E-state index in [4.69, 9.17) is 14.4 Å². The highest BCUT2D eigenvalue weighted by atomic mass is 16.3. The van der Waals surface area contributed by atoms with E-state index in [-0.39, 0.29) is 5.41 Å². The quantitative estimate of drug-likeness (QED) is 0.176. The summed E-state index contributed by atoms with van der Waals surface area (Å²) in [5.41, 5.74) is 17.6. The first-order chi connectivity index (χ1) is 29.0. The van der Waals surface area contributed by atoms with Crippen LogP contribution in [0.4, 0.5) is 0 Å². The van der Waals surface area contributed by atoms with Crippen molar-refractivity contribution in [1.29, 1.82) is 0 Å². The molecule has 0 spiro atoms. The average molecular weight is 756 g/mol. The van der Waals surface area contributed by atoms with Crippen LogP contribution in [0.15, 0.2) is 192 Å². The summed E-state index contributed by atoms with van der Waals surface area (Å²) in [5.74, 6) is 0.714. The van der Waals surface area contributed by atoms with Gasteiger partial charge >= 0.3 is 0 Å². The summed E-state index contributed by atoms with van der Waals surface area (Å²) in [7, 11) is 0. The number of fused-ring (bicyclic) bond motifs is 9. The fourth-order valence-electron chi connectivity index (χ4n) is 9.40. The fraction of sp³-hybridized carbons (Fsp3) is 0.0545. The molecule has 0 N–H and O–H groups in total. The zero-order valence-corrected chi connectivity index (χ0v) is 32.6. The second-order valence-corrected chi connectivity index (χ2v) is 16.2. The van der Waals surface area contributed by atoms with Crippen LogP contribution in [0.25, 0.3) is 106 Å². The molecule has 11 aromatic rings. The molecule has 0 amide bonds. The Labute approximate surface area is 341 Å². The lowest BCUT2D eigenvalue weighted by atomic mass is 9.82. The molecule has 1 aliphatic rings. The SMILES string of the molecule is CC1(C)c2cc3oc4ccccc4c3cc2-c2cc3c4cc(-c5ccc(-c6cc(-c7ccccc7)nc(-c7ccccc7)n6)cc5)ccc4n(-c4ccccc4)c3cc21. The fourth-order valence-corrected chi connectivity index (χ4v) is 9.40. The third-order valence-electron chi connectivity index (χ3n) is 12.4. The van der Waals surface area contributed by atoms with Crippen molar-refractivity contribution in [3.63, 3.8) is 0 Å².